The standard InChI is InChI=1S/C20H34N4O/c1-16(2)11-12-17(3)23-20(21-4)22-14-13-19(25)24(5)15-18-9-7-6-8-10-18/h6-10,16-17H,11-15H2,1-5H3,(H2,21,22,23). The van der Waals surface area contributed by atoms with Crippen LogP contribution in [-0.4, -0.2) is 43.4 Å². The fourth-order valence-corrected chi connectivity index (χ4v) is 2.51. The second-order valence-corrected chi connectivity index (χ2v) is 7.00. The molecule has 1 aromatic carbocycles. The van der Waals surface area contributed by atoms with E-state index in [4.69, 9.17) is 0 Å². The summed E-state index contributed by atoms with van der Waals surface area (Å²) in [5.41, 5.74) is 1.14. The molecule has 1 amide bonds. The van der Waals surface area contributed by atoms with Gasteiger partial charge < -0.3 is 15.5 Å². The van der Waals surface area contributed by atoms with Crippen LogP contribution in [0.4, 0.5) is 0 Å². The summed E-state index contributed by atoms with van der Waals surface area (Å²) >= 11 is 0. The van der Waals surface area contributed by atoms with Crippen LogP contribution in [0.15, 0.2) is 35.3 Å². The van der Waals surface area contributed by atoms with Crippen molar-refractivity contribution in [3.05, 3.63) is 35.9 Å². The average Bonchev–Trinajstić information content (AvgIpc) is 2.59. The lowest BCUT2D eigenvalue weighted by Gasteiger charge is -2.20. The number of benzene rings is 1. The highest BCUT2D eigenvalue weighted by atomic mass is 16.2. The highest BCUT2D eigenvalue weighted by Gasteiger charge is 2.10. The van der Waals surface area contributed by atoms with Gasteiger partial charge in [-0.1, -0.05) is 44.2 Å². The Morgan fingerprint density at radius 2 is 1.84 bits per heavy atom. The second kappa shape index (κ2) is 11.5. The Morgan fingerprint density at radius 3 is 2.44 bits per heavy atom. The van der Waals surface area contributed by atoms with Crippen molar-refractivity contribution in [2.24, 2.45) is 10.9 Å². The van der Waals surface area contributed by atoms with Gasteiger partial charge in [-0.05, 0) is 31.2 Å². The van der Waals surface area contributed by atoms with Crippen LogP contribution in [0.3, 0.4) is 0 Å². The molecule has 0 spiro atoms. The number of nitrogens with one attached hydrogen (secondary N) is 2. The monoisotopic (exact) mass is 346 g/mol. The van der Waals surface area contributed by atoms with Gasteiger partial charge in [0.1, 0.15) is 0 Å². The van der Waals surface area contributed by atoms with Gasteiger partial charge in [0.25, 0.3) is 0 Å². The molecule has 2 N–H and O–H groups in total. The number of nitrogens with zero attached hydrogens (tertiary/aromatic N) is 2. The Labute approximate surface area is 152 Å². The number of amides is 1. The zero-order chi connectivity index (χ0) is 18.7. The molecule has 0 heterocycles. The molecule has 0 bridgehead atoms. The third-order valence-corrected chi connectivity index (χ3v) is 4.10. The highest BCUT2D eigenvalue weighted by Crippen LogP contribution is 2.06. The number of hydrogen-bond donors (Lipinski definition) is 2. The number of guanidine groups is 1. The normalized spacial score (nSPS) is 12.8. The van der Waals surface area contributed by atoms with E-state index in [1.165, 1.54) is 6.42 Å². The maximum Gasteiger partial charge on any atom is 0.224 e. The number of rotatable bonds is 9. The molecular formula is C20H34N4O. The molecular weight excluding hydrogens is 312 g/mol. The summed E-state index contributed by atoms with van der Waals surface area (Å²) in [5, 5.41) is 6.61. The molecule has 140 valence electrons. The molecule has 0 aliphatic carbocycles. The van der Waals surface area contributed by atoms with Gasteiger partial charge in [-0.3, -0.25) is 9.79 Å². The van der Waals surface area contributed by atoms with Gasteiger partial charge in [0, 0.05) is 39.6 Å². The first-order valence-electron chi connectivity index (χ1n) is 9.17. The minimum absolute atomic E-state index is 0.125. The topological polar surface area (TPSA) is 56.7 Å². The average molecular weight is 347 g/mol. The Hall–Kier alpha value is -2.04. The van der Waals surface area contributed by atoms with E-state index in [0.717, 1.165) is 17.9 Å². The number of carbonyl (C=O) groups excluding carboxylic acids is 1. The number of carbonyl (C=O) groups is 1. The zero-order valence-corrected chi connectivity index (χ0v) is 16.4. The molecule has 25 heavy (non-hydrogen) atoms. The molecule has 1 rings (SSSR count). The molecule has 5 nitrogen and oxygen atoms in total. The van der Waals surface area contributed by atoms with Gasteiger partial charge in [0.05, 0.1) is 0 Å². The molecule has 1 unspecified atom stereocenters. The Kier molecular flexibility index (Phi) is 9.66. The van der Waals surface area contributed by atoms with Crippen LogP contribution in [0, 0.1) is 5.92 Å². The van der Waals surface area contributed by atoms with Crippen molar-refractivity contribution in [2.45, 2.75) is 52.6 Å². The summed E-state index contributed by atoms with van der Waals surface area (Å²) in [5.74, 6) is 1.59. The van der Waals surface area contributed by atoms with Crippen LogP contribution in [0.1, 0.15) is 45.6 Å². The fourth-order valence-electron chi connectivity index (χ4n) is 2.51. The lowest BCUT2D eigenvalue weighted by Crippen LogP contribution is -2.43. The third-order valence-electron chi connectivity index (χ3n) is 4.10. The Bertz CT molecular complexity index is 528. The van der Waals surface area contributed by atoms with E-state index in [0.29, 0.717) is 31.5 Å². The van der Waals surface area contributed by atoms with Crippen molar-refractivity contribution in [1.82, 2.24) is 15.5 Å². The molecule has 0 saturated heterocycles. The number of hydrogen-bond acceptors (Lipinski definition) is 2. The molecule has 5 heteroatoms. The zero-order valence-electron chi connectivity index (χ0n) is 16.4. The molecule has 0 saturated carbocycles. The lowest BCUT2D eigenvalue weighted by atomic mass is 10.0. The van der Waals surface area contributed by atoms with Crippen molar-refractivity contribution in [1.29, 1.82) is 0 Å². The van der Waals surface area contributed by atoms with Crippen LogP contribution in [0.5, 0.6) is 0 Å². The molecule has 1 aromatic rings. The summed E-state index contributed by atoms with van der Waals surface area (Å²) in [4.78, 5) is 18.2. The molecule has 0 fully saturated rings. The lowest BCUT2D eigenvalue weighted by molar-refractivity contribution is -0.130. The number of aliphatic imine (C=N–C) groups is 1. The first kappa shape index (κ1) is 21.0. The van der Waals surface area contributed by atoms with Crippen molar-refractivity contribution >= 4 is 11.9 Å². The van der Waals surface area contributed by atoms with Crippen molar-refractivity contribution in [2.75, 3.05) is 20.6 Å². The van der Waals surface area contributed by atoms with E-state index in [-0.39, 0.29) is 5.91 Å². The molecule has 1 atom stereocenters. The first-order valence-corrected chi connectivity index (χ1v) is 9.17. The smallest absolute Gasteiger partial charge is 0.224 e. The minimum atomic E-state index is 0.125. The van der Waals surface area contributed by atoms with Gasteiger partial charge in [0.15, 0.2) is 5.96 Å². The van der Waals surface area contributed by atoms with Gasteiger partial charge in [0.2, 0.25) is 5.91 Å². The van der Waals surface area contributed by atoms with Crippen LogP contribution in [-0.2, 0) is 11.3 Å². The van der Waals surface area contributed by atoms with Gasteiger partial charge in [-0.2, -0.15) is 0 Å². The second-order valence-electron chi connectivity index (χ2n) is 7.00. The summed E-state index contributed by atoms with van der Waals surface area (Å²) in [6.45, 7) is 7.84. The van der Waals surface area contributed by atoms with Gasteiger partial charge in [-0.15, -0.1) is 0 Å². The SMILES string of the molecule is CN=C(NCCC(=O)N(C)Cc1ccccc1)NC(C)CCC(C)C. The Balaban J connectivity index is 2.30. The van der Waals surface area contributed by atoms with Crippen LogP contribution < -0.4 is 10.6 Å². The van der Waals surface area contributed by atoms with E-state index < -0.39 is 0 Å². The van der Waals surface area contributed by atoms with Crippen LogP contribution in [0.25, 0.3) is 0 Å². The fraction of sp³-hybridized carbons (Fsp3) is 0.600. The van der Waals surface area contributed by atoms with E-state index in [9.17, 15) is 4.79 Å². The summed E-state index contributed by atoms with van der Waals surface area (Å²) in [6, 6.07) is 10.4. The summed E-state index contributed by atoms with van der Waals surface area (Å²) < 4.78 is 0. The van der Waals surface area contributed by atoms with Crippen molar-refractivity contribution in [3.63, 3.8) is 0 Å². The van der Waals surface area contributed by atoms with Crippen LogP contribution in [0.2, 0.25) is 0 Å². The molecule has 0 aromatic heterocycles. The van der Waals surface area contributed by atoms with E-state index >= 15 is 0 Å². The molecule has 0 aliphatic rings. The summed E-state index contributed by atoms with van der Waals surface area (Å²) in [6.07, 6.45) is 2.75. The maximum absolute atomic E-state index is 12.2. The van der Waals surface area contributed by atoms with Crippen molar-refractivity contribution < 1.29 is 4.79 Å². The predicted octanol–water partition coefficient (Wildman–Crippen LogP) is 3.02. The first-order chi connectivity index (χ1) is 11.9. The van der Waals surface area contributed by atoms with E-state index in [1.807, 2.05) is 37.4 Å². The van der Waals surface area contributed by atoms with Crippen LogP contribution >= 0.6 is 0 Å². The van der Waals surface area contributed by atoms with Gasteiger partial charge >= 0.3 is 0 Å². The van der Waals surface area contributed by atoms with E-state index in [1.54, 1.807) is 11.9 Å². The maximum atomic E-state index is 12.2. The highest BCUT2D eigenvalue weighted by molar-refractivity contribution is 5.81. The van der Waals surface area contributed by atoms with Crippen molar-refractivity contribution in [3.8, 4) is 0 Å². The Morgan fingerprint density at radius 1 is 1.16 bits per heavy atom. The quantitative estimate of drug-likeness (QED) is 0.534. The molecule has 0 radical (unpaired) electrons. The largest absolute Gasteiger partial charge is 0.356 e. The summed E-state index contributed by atoms with van der Waals surface area (Å²) in [7, 11) is 3.60. The third kappa shape index (κ3) is 9.13. The van der Waals surface area contributed by atoms with E-state index in [2.05, 4.69) is 36.4 Å². The minimum Gasteiger partial charge on any atom is -0.356 e. The predicted molar refractivity (Wildman–Crippen MR) is 106 cm³/mol. The van der Waals surface area contributed by atoms with Gasteiger partial charge in [-0.25, -0.2) is 0 Å². The molecule has 0 aliphatic heterocycles.